The maximum absolute atomic E-state index is 12.9. The lowest BCUT2D eigenvalue weighted by Gasteiger charge is -2.26. The third kappa shape index (κ3) is 4.30. The second kappa shape index (κ2) is 8.09. The zero-order chi connectivity index (χ0) is 19.6. The molecule has 0 fully saturated rings. The molecule has 0 aliphatic rings. The number of amides is 1. The van der Waals surface area contributed by atoms with Crippen LogP contribution in [0.25, 0.3) is 0 Å². The van der Waals surface area contributed by atoms with Crippen LogP contribution in [0, 0.1) is 20.8 Å². The number of nitrogens with zero attached hydrogens (tertiary/aromatic N) is 3. The third-order valence-electron chi connectivity index (χ3n) is 4.90. The molecule has 0 aliphatic carbocycles. The van der Waals surface area contributed by atoms with E-state index in [-0.39, 0.29) is 11.9 Å². The number of hydrogen-bond acceptors (Lipinski definition) is 3. The molecule has 0 N–H and O–H groups in total. The van der Waals surface area contributed by atoms with Crippen molar-refractivity contribution >= 4 is 17.2 Å². The fourth-order valence-corrected chi connectivity index (χ4v) is 4.13. The minimum Gasteiger partial charge on any atom is -0.329 e. The van der Waals surface area contributed by atoms with Crippen LogP contribution in [0.1, 0.15) is 51.6 Å². The van der Waals surface area contributed by atoms with Crippen molar-refractivity contribution in [2.75, 3.05) is 0 Å². The monoisotopic (exact) mass is 381 g/mol. The largest absolute Gasteiger partial charge is 0.329 e. The van der Waals surface area contributed by atoms with Crippen molar-refractivity contribution in [2.45, 2.75) is 53.8 Å². The van der Waals surface area contributed by atoms with E-state index in [4.69, 9.17) is 0 Å². The van der Waals surface area contributed by atoms with Gasteiger partial charge in [0.2, 0.25) is 0 Å². The maximum Gasteiger partial charge on any atom is 0.264 e. The summed E-state index contributed by atoms with van der Waals surface area (Å²) in [4.78, 5) is 20.1. The highest BCUT2D eigenvalue weighted by Gasteiger charge is 2.22. The van der Waals surface area contributed by atoms with Crippen LogP contribution in [0.15, 0.2) is 42.0 Å². The summed E-state index contributed by atoms with van der Waals surface area (Å²) in [6.07, 6.45) is 3.82. The molecule has 1 aromatic carbocycles. The van der Waals surface area contributed by atoms with Crippen molar-refractivity contribution in [1.82, 2.24) is 14.5 Å². The average molecular weight is 382 g/mol. The van der Waals surface area contributed by atoms with Crippen LogP contribution in [0.5, 0.6) is 0 Å². The van der Waals surface area contributed by atoms with Gasteiger partial charge in [-0.3, -0.25) is 4.79 Å². The van der Waals surface area contributed by atoms with E-state index < -0.39 is 0 Å². The Morgan fingerprint density at radius 2 is 1.93 bits per heavy atom. The van der Waals surface area contributed by atoms with Gasteiger partial charge in [0.05, 0.1) is 11.4 Å². The third-order valence-corrected chi connectivity index (χ3v) is 5.76. The highest BCUT2D eigenvalue weighted by molar-refractivity contribution is 7.12. The Hall–Kier alpha value is -2.40. The van der Waals surface area contributed by atoms with Crippen molar-refractivity contribution in [3.63, 3.8) is 0 Å². The number of carbonyl (C=O) groups is 1. The van der Waals surface area contributed by atoms with Crippen molar-refractivity contribution < 1.29 is 4.79 Å². The molecule has 0 atom stereocenters. The summed E-state index contributed by atoms with van der Waals surface area (Å²) in [5.41, 5.74) is 5.19. The first-order chi connectivity index (χ1) is 12.9. The van der Waals surface area contributed by atoms with Crippen LogP contribution in [-0.4, -0.2) is 26.4 Å². The molecule has 3 aromatic rings. The van der Waals surface area contributed by atoms with Gasteiger partial charge in [-0.2, -0.15) is 0 Å². The predicted molar refractivity (Wildman–Crippen MR) is 111 cm³/mol. The fourth-order valence-electron chi connectivity index (χ4n) is 3.45. The quantitative estimate of drug-likeness (QED) is 0.605. The second-order valence-corrected chi connectivity index (χ2v) is 8.30. The van der Waals surface area contributed by atoms with Gasteiger partial charge < -0.3 is 9.47 Å². The summed E-state index contributed by atoms with van der Waals surface area (Å²) in [5, 5.41) is 1.94. The van der Waals surface area contributed by atoms with Crippen molar-refractivity contribution in [3.05, 3.63) is 75.0 Å². The zero-order valence-electron chi connectivity index (χ0n) is 16.7. The molecule has 0 bridgehead atoms. The average Bonchev–Trinajstić information content (AvgIpc) is 3.27. The normalized spacial score (nSPS) is 11.2. The first-order valence-corrected chi connectivity index (χ1v) is 10.2. The Balaban J connectivity index is 1.85. The first kappa shape index (κ1) is 19.4. The van der Waals surface area contributed by atoms with Crippen molar-refractivity contribution in [1.29, 1.82) is 0 Å². The topological polar surface area (TPSA) is 38.1 Å². The smallest absolute Gasteiger partial charge is 0.264 e. The predicted octanol–water partition coefficient (Wildman–Crippen LogP) is 4.97. The molecular weight excluding hydrogens is 354 g/mol. The maximum atomic E-state index is 12.9. The Morgan fingerprint density at radius 3 is 2.52 bits per heavy atom. The lowest BCUT2D eigenvalue weighted by Crippen LogP contribution is -2.37. The summed E-state index contributed by atoms with van der Waals surface area (Å²) in [6.45, 7) is 11.8. The van der Waals surface area contributed by atoms with Gasteiger partial charge in [0, 0.05) is 25.0 Å². The zero-order valence-corrected chi connectivity index (χ0v) is 17.5. The van der Waals surface area contributed by atoms with Gasteiger partial charge in [-0.25, -0.2) is 4.98 Å². The van der Waals surface area contributed by atoms with Crippen molar-refractivity contribution in [3.8, 4) is 0 Å². The Morgan fingerprint density at radius 1 is 1.22 bits per heavy atom. The molecule has 2 heterocycles. The number of thiophene rings is 1. The first-order valence-electron chi connectivity index (χ1n) is 9.28. The lowest BCUT2D eigenvalue weighted by molar-refractivity contribution is 0.0688. The Kier molecular flexibility index (Phi) is 5.80. The highest BCUT2D eigenvalue weighted by Crippen LogP contribution is 2.20. The van der Waals surface area contributed by atoms with Gasteiger partial charge in [0.1, 0.15) is 5.82 Å². The van der Waals surface area contributed by atoms with E-state index in [9.17, 15) is 4.79 Å². The molecule has 142 valence electrons. The van der Waals surface area contributed by atoms with Crippen LogP contribution in [0.4, 0.5) is 0 Å². The van der Waals surface area contributed by atoms with Crippen LogP contribution in [0.2, 0.25) is 0 Å². The van der Waals surface area contributed by atoms with Crippen LogP contribution >= 0.6 is 11.3 Å². The molecule has 2 aromatic heterocycles. The molecule has 0 radical (unpaired) electrons. The molecule has 4 nitrogen and oxygen atoms in total. The number of aromatic nitrogens is 2. The number of carbonyl (C=O) groups excluding carboxylic acids is 1. The molecule has 0 saturated carbocycles. The Labute approximate surface area is 165 Å². The fraction of sp³-hybridized carbons (Fsp3) is 0.364. The molecular formula is C22H27N3OS. The van der Waals surface area contributed by atoms with Gasteiger partial charge >= 0.3 is 0 Å². The van der Waals surface area contributed by atoms with Gasteiger partial charge in [-0.1, -0.05) is 23.8 Å². The molecule has 0 saturated heterocycles. The number of hydrogen-bond donors (Lipinski definition) is 0. The van der Waals surface area contributed by atoms with Gasteiger partial charge in [-0.15, -0.1) is 11.3 Å². The molecule has 0 unspecified atom stereocenters. The summed E-state index contributed by atoms with van der Waals surface area (Å²) in [7, 11) is 0. The van der Waals surface area contributed by atoms with E-state index in [1.54, 1.807) is 0 Å². The van der Waals surface area contributed by atoms with Gasteiger partial charge in [0.25, 0.3) is 5.91 Å². The summed E-state index contributed by atoms with van der Waals surface area (Å²) < 4.78 is 2.15. The summed E-state index contributed by atoms with van der Waals surface area (Å²) in [6, 6.07) is 8.35. The van der Waals surface area contributed by atoms with Gasteiger partial charge in [0.15, 0.2) is 0 Å². The molecule has 1 amide bonds. The van der Waals surface area contributed by atoms with Gasteiger partial charge in [-0.05, 0) is 62.8 Å². The van der Waals surface area contributed by atoms with E-state index >= 15 is 0 Å². The summed E-state index contributed by atoms with van der Waals surface area (Å²) >= 11 is 1.48. The van der Waals surface area contributed by atoms with E-state index in [2.05, 4.69) is 42.5 Å². The number of benzene rings is 1. The standard InChI is InChI=1S/C22H27N3OS/c1-15(2)25(22(26)20-7-6-10-27-20)14-21-23-8-9-24(21)13-19-17(4)11-16(3)12-18(19)5/h6-12,15H,13-14H2,1-5H3. The van der Waals surface area contributed by atoms with Crippen LogP contribution in [-0.2, 0) is 13.1 Å². The summed E-state index contributed by atoms with van der Waals surface area (Å²) in [5.74, 6) is 0.977. The molecule has 0 aliphatic heterocycles. The molecule has 0 spiro atoms. The minimum atomic E-state index is 0.0669. The second-order valence-electron chi connectivity index (χ2n) is 7.35. The minimum absolute atomic E-state index is 0.0669. The van der Waals surface area contributed by atoms with E-state index in [0.29, 0.717) is 6.54 Å². The number of aryl methyl sites for hydroxylation is 3. The molecule has 27 heavy (non-hydrogen) atoms. The lowest BCUT2D eigenvalue weighted by atomic mass is 10.00. The number of rotatable bonds is 6. The van der Waals surface area contributed by atoms with Crippen LogP contribution in [0.3, 0.4) is 0 Å². The molecule has 3 rings (SSSR count). The highest BCUT2D eigenvalue weighted by atomic mass is 32.1. The van der Waals surface area contributed by atoms with E-state index in [1.807, 2.05) is 48.7 Å². The Bertz CT molecular complexity index is 902. The van der Waals surface area contributed by atoms with E-state index in [0.717, 1.165) is 17.2 Å². The van der Waals surface area contributed by atoms with Crippen LogP contribution < -0.4 is 0 Å². The van der Waals surface area contributed by atoms with Crippen molar-refractivity contribution in [2.24, 2.45) is 0 Å². The van der Waals surface area contributed by atoms with E-state index in [1.165, 1.54) is 33.6 Å². The SMILES string of the molecule is Cc1cc(C)c(Cn2ccnc2CN(C(=O)c2cccs2)C(C)C)c(C)c1. The number of imidazole rings is 1. The molecule has 5 heteroatoms.